The minimum Gasteiger partial charge on any atom is -0.481 e. The van der Waals surface area contributed by atoms with Crippen LogP contribution in [0.4, 0.5) is 0 Å². The zero-order chi connectivity index (χ0) is 12.3. The van der Waals surface area contributed by atoms with E-state index in [4.69, 9.17) is 5.11 Å². The van der Waals surface area contributed by atoms with E-state index in [0.717, 1.165) is 16.1 Å². The maximum absolute atomic E-state index is 10.4. The number of rotatable bonds is 6. The third kappa shape index (κ3) is 4.36. The first-order chi connectivity index (χ1) is 8.15. The molecule has 0 radical (unpaired) electrons. The summed E-state index contributed by atoms with van der Waals surface area (Å²) in [7, 11) is 0. The monoisotopic (exact) mass is 314 g/mol. The first kappa shape index (κ1) is 13.0. The topological polar surface area (TPSA) is 37.3 Å². The summed E-state index contributed by atoms with van der Waals surface area (Å²) >= 11 is 5.52. The number of aryl methyl sites for hydroxylation is 1. The van der Waals surface area contributed by atoms with Gasteiger partial charge in [0.15, 0.2) is 0 Å². The number of benzene rings is 1. The fourth-order valence-electron chi connectivity index (χ4n) is 1.60. The molecule has 0 aliphatic heterocycles. The molecule has 1 fully saturated rings. The molecule has 0 aromatic heterocycles. The van der Waals surface area contributed by atoms with Crippen LogP contribution in [-0.2, 0) is 11.2 Å². The van der Waals surface area contributed by atoms with Gasteiger partial charge in [0.25, 0.3) is 0 Å². The van der Waals surface area contributed by atoms with E-state index in [-0.39, 0.29) is 6.42 Å². The summed E-state index contributed by atoms with van der Waals surface area (Å²) in [6.07, 6.45) is 4.45. The molecular weight excluding hydrogens is 300 g/mol. The Morgan fingerprint density at radius 3 is 2.82 bits per heavy atom. The van der Waals surface area contributed by atoms with Crippen molar-refractivity contribution in [1.82, 2.24) is 0 Å². The highest BCUT2D eigenvalue weighted by Gasteiger charge is 2.23. The molecule has 0 heterocycles. The minimum atomic E-state index is -0.718. The Kier molecular flexibility index (Phi) is 4.51. The van der Waals surface area contributed by atoms with Crippen LogP contribution in [-0.4, -0.2) is 16.3 Å². The Hall–Kier alpha value is -0.480. The number of carboxylic acids is 1. The average molecular weight is 315 g/mol. The van der Waals surface area contributed by atoms with Crippen LogP contribution in [0.5, 0.6) is 0 Å². The maximum Gasteiger partial charge on any atom is 0.303 e. The van der Waals surface area contributed by atoms with Gasteiger partial charge in [-0.2, -0.15) is 0 Å². The summed E-state index contributed by atoms with van der Waals surface area (Å²) in [4.78, 5) is 11.7. The normalized spacial score (nSPS) is 14.9. The number of halogens is 1. The molecule has 0 amide bonds. The Balaban J connectivity index is 1.90. The van der Waals surface area contributed by atoms with Crippen LogP contribution in [0.1, 0.15) is 31.2 Å². The lowest BCUT2D eigenvalue weighted by Gasteiger charge is -2.06. The molecule has 1 aromatic rings. The van der Waals surface area contributed by atoms with Gasteiger partial charge in [-0.15, -0.1) is 11.8 Å². The smallest absolute Gasteiger partial charge is 0.303 e. The lowest BCUT2D eigenvalue weighted by Crippen LogP contribution is -1.96. The molecule has 1 aliphatic carbocycles. The molecular formula is C13H15BrO2S. The lowest BCUT2D eigenvalue weighted by atomic mass is 10.1. The molecule has 1 aliphatic rings. The third-order valence-corrected chi connectivity index (χ3v) is 5.00. The molecule has 0 saturated heterocycles. The highest BCUT2D eigenvalue weighted by atomic mass is 79.9. The molecule has 92 valence electrons. The molecule has 17 heavy (non-hydrogen) atoms. The van der Waals surface area contributed by atoms with Gasteiger partial charge >= 0.3 is 5.97 Å². The highest BCUT2D eigenvalue weighted by molar-refractivity contribution is 9.10. The highest BCUT2D eigenvalue weighted by Crippen LogP contribution is 2.42. The van der Waals surface area contributed by atoms with Crippen LogP contribution in [0.25, 0.3) is 0 Å². The number of thioether (sulfide) groups is 1. The number of carbonyl (C=O) groups is 1. The molecule has 4 heteroatoms. The first-order valence-electron chi connectivity index (χ1n) is 5.82. The summed E-state index contributed by atoms with van der Waals surface area (Å²) in [5, 5.41) is 9.39. The van der Waals surface area contributed by atoms with E-state index in [1.807, 2.05) is 11.8 Å². The van der Waals surface area contributed by atoms with Crippen molar-refractivity contribution >= 4 is 33.7 Å². The quantitative estimate of drug-likeness (QED) is 0.858. The zero-order valence-corrected chi connectivity index (χ0v) is 11.9. The molecule has 1 saturated carbocycles. The fourth-order valence-corrected chi connectivity index (χ4v) is 3.36. The molecule has 1 N–H and O–H groups in total. The zero-order valence-electron chi connectivity index (χ0n) is 9.49. The van der Waals surface area contributed by atoms with Crippen molar-refractivity contribution in [2.75, 3.05) is 0 Å². The van der Waals surface area contributed by atoms with Crippen LogP contribution in [0.3, 0.4) is 0 Å². The van der Waals surface area contributed by atoms with Crippen molar-refractivity contribution in [1.29, 1.82) is 0 Å². The van der Waals surface area contributed by atoms with Gasteiger partial charge in [0.05, 0.1) is 0 Å². The predicted molar refractivity (Wildman–Crippen MR) is 73.6 cm³/mol. The first-order valence-corrected chi connectivity index (χ1v) is 7.49. The summed E-state index contributed by atoms with van der Waals surface area (Å²) in [5.74, 6) is -0.718. The second-order valence-electron chi connectivity index (χ2n) is 4.33. The molecule has 1 aromatic carbocycles. The van der Waals surface area contributed by atoms with E-state index >= 15 is 0 Å². The number of aliphatic carboxylic acids is 1. The largest absolute Gasteiger partial charge is 0.481 e. The van der Waals surface area contributed by atoms with Crippen molar-refractivity contribution < 1.29 is 9.90 Å². The Morgan fingerprint density at radius 1 is 1.47 bits per heavy atom. The van der Waals surface area contributed by atoms with Gasteiger partial charge in [-0.25, -0.2) is 0 Å². The molecule has 2 nitrogen and oxygen atoms in total. The molecule has 0 unspecified atom stereocenters. The van der Waals surface area contributed by atoms with Gasteiger partial charge in [0.1, 0.15) is 0 Å². The predicted octanol–water partition coefficient (Wildman–Crippen LogP) is 4.11. The van der Waals surface area contributed by atoms with Crippen LogP contribution in [0.2, 0.25) is 0 Å². The molecule has 0 atom stereocenters. The second kappa shape index (κ2) is 5.91. The number of hydrogen-bond donors (Lipinski definition) is 1. The Morgan fingerprint density at radius 2 is 2.24 bits per heavy atom. The van der Waals surface area contributed by atoms with Crippen molar-refractivity contribution in [2.45, 2.75) is 42.2 Å². The van der Waals surface area contributed by atoms with Crippen molar-refractivity contribution in [3.63, 3.8) is 0 Å². The van der Waals surface area contributed by atoms with Gasteiger partial charge in [-0.05, 0) is 59.3 Å². The molecule has 0 bridgehead atoms. The number of hydrogen-bond acceptors (Lipinski definition) is 2. The molecule has 0 spiro atoms. The summed E-state index contributed by atoms with van der Waals surface area (Å²) in [5.41, 5.74) is 1.21. The standard InChI is InChI=1S/C13H15BrO2S/c14-11-8-9(2-1-3-13(15)16)4-7-12(11)17-10-5-6-10/h4,7-8,10H,1-3,5-6H2,(H,15,16). The van der Waals surface area contributed by atoms with E-state index in [1.165, 1.54) is 23.3 Å². The van der Waals surface area contributed by atoms with E-state index in [9.17, 15) is 4.79 Å². The van der Waals surface area contributed by atoms with E-state index in [2.05, 4.69) is 34.1 Å². The van der Waals surface area contributed by atoms with Crippen LogP contribution in [0, 0.1) is 0 Å². The average Bonchev–Trinajstić information content (AvgIpc) is 3.05. The van der Waals surface area contributed by atoms with Crippen LogP contribution >= 0.6 is 27.7 Å². The van der Waals surface area contributed by atoms with E-state index < -0.39 is 5.97 Å². The van der Waals surface area contributed by atoms with Gasteiger partial charge in [-0.1, -0.05) is 6.07 Å². The summed E-state index contributed by atoms with van der Waals surface area (Å²) in [6.45, 7) is 0. The van der Waals surface area contributed by atoms with Gasteiger partial charge in [0, 0.05) is 21.0 Å². The number of carboxylic acid groups (broad SMARTS) is 1. The summed E-state index contributed by atoms with van der Waals surface area (Å²) < 4.78 is 1.14. The van der Waals surface area contributed by atoms with E-state index in [1.54, 1.807) is 0 Å². The second-order valence-corrected chi connectivity index (χ2v) is 6.53. The minimum absolute atomic E-state index is 0.246. The van der Waals surface area contributed by atoms with Gasteiger partial charge in [0.2, 0.25) is 0 Å². The Bertz CT molecular complexity index is 416. The fraction of sp³-hybridized carbons (Fsp3) is 0.462. The molecule has 2 rings (SSSR count). The SMILES string of the molecule is O=C(O)CCCc1ccc(SC2CC2)c(Br)c1. The third-order valence-electron chi connectivity index (χ3n) is 2.67. The maximum atomic E-state index is 10.4. The van der Waals surface area contributed by atoms with E-state index in [0.29, 0.717) is 6.42 Å². The summed E-state index contributed by atoms with van der Waals surface area (Å²) in [6, 6.07) is 6.37. The van der Waals surface area contributed by atoms with Gasteiger partial charge in [-0.3, -0.25) is 4.79 Å². The Labute approximate surface area is 114 Å². The van der Waals surface area contributed by atoms with Crippen molar-refractivity contribution in [2.24, 2.45) is 0 Å². The van der Waals surface area contributed by atoms with Crippen molar-refractivity contribution in [3.05, 3.63) is 28.2 Å². The lowest BCUT2D eigenvalue weighted by molar-refractivity contribution is -0.137. The van der Waals surface area contributed by atoms with Crippen molar-refractivity contribution in [3.8, 4) is 0 Å². The van der Waals surface area contributed by atoms with Gasteiger partial charge < -0.3 is 5.11 Å². The van der Waals surface area contributed by atoms with Crippen LogP contribution < -0.4 is 0 Å². The van der Waals surface area contributed by atoms with Crippen LogP contribution in [0.15, 0.2) is 27.6 Å².